The van der Waals surface area contributed by atoms with Gasteiger partial charge >= 0.3 is 0 Å². The highest BCUT2D eigenvalue weighted by atomic mass is 16.5. The Labute approximate surface area is 224 Å². The number of anilines is 1. The van der Waals surface area contributed by atoms with Gasteiger partial charge in [-0.25, -0.2) is 0 Å². The minimum Gasteiger partial charge on any atom is -0.489 e. The third-order valence-corrected chi connectivity index (χ3v) is 5.93. The first-order chi connectivity index (χ1) is 18.5. The molecule has 3 aromatic rings. The van der Waals surface area contributed by atoms with E-state index < -0.39 is 6.04 Å². The molecule has 8 nitrogen and oxygen atoms in total. The average molecular weight is 517 g/mol. The normalized spacial score (nSPS) is 11.3. The molecule has 0 spiro atoms. The van der Waals surface area contributed by atoms with E-state index in [1.54, 1.807) is 36.4 Å². The molecule has 5 N–H and O–H groups in total. The first-order valence-corrected chi connectivity index (χ1v) is 12.9. The van der Waals surface area contributed by atoms with Crippen LogP contribution in [0.2, 0.25) is 0 Å². The van der Waals surface area contributed by atoms with Crippen LogP contribution in [-0.4, -0.2) is 24.3 Å². The lowest BCUT2D eigenvalue weighted by atomic mass is 10.0. The van der Waals surface area contributed by atoms with Crippen molar-refractivity contribution in [1.29, 1.82) is 0 Å². The topological polar surface area (TPSA) is 123 Å². The number of nitrogens with two attached hydrogens (primary N) is 1. The predicted molar refractivity (Wildman–Crippen MR) is 148 cm³/mol. The number of rotatable bonds is 14. The highest BCUT2D eigenvalue weighted by molar-refractivity contribution is 5.92. The van der Waals surface area contributed by atoms with Gasteiger partial charge in [0.05, 0.1) is 6.54 Å². The second-order valence-electron chi connectivity index (χ2n) is 8.97. The Kier molecular flexibility index (Phi) is 11.3. The summed E-state index contributed by atoms with van der Waals surface area (Å²) in [4.78, 5) is 37.2. The summed E-state index contributed by atoms with van der Waals surface area (Å²) in [7, 11) is 0. The van der Waals surface area contributed by atoms with Gasteiger partial charge in [-0.05, 0) is 47.4 Å². The van der Waals surface area contributed by atoms with E-state index in [0.29, 0.717) is 30.0 Å². The molecule has 0 aliphatic heterocycles. The number of hydrogen-bond donors (Lipinski definition) is 4. The first-order valence-electron chi connectivity index (χ1n) is 12.9. The van der Waals surface area contributed by atoms with Crippen molar-refractivity contribution in [3.05, 3.63) is 95.6 Å². The number of amides is 3. The Hall–Kier alpha value is -4.17. The third-order valence-electron chi connectivity index (χ3n) is 5.93. The van der Waals surface area contributed by atoms with Crippen molar-refractivity contribution >= 4 is 23.4 Å². The van der Waals surface area contributed by atoms with Gasteiger partial charge in [0.2, 0.25) is 17.7 Å². The van der Waals surface area contributed by atoms with Crippen LogP contribution >= 0.6 is 0 Å². The quantitative estimate of drug-likeness (QED) is 0.239. The minimum atomic E-state index is -0.838. The molecular weight excluding hydrogens is 480 g/mol. The predicted octanol–water partition coefficient (Wildman–Crippen LogP) is 4.22. The summed E-state index contributed by atoms with van der Waals surface area (Å²) in [5.41, 5.74) is 8.53. The second kappa shape index (κ2) is 15.2. The van der Waals surface area contributed by atoms with E-state index in [1.807, 2.05) is 42.5 Å². The fourth-order valence-electron chi connectivity index (χ4n) is 3.78. The molecule has 0 unspecified atom stereocenters. The van der Waals surface area contributed by atoms with Crippen LogP contribution in [0, 0.1) is 0 Å². The molecule has 8 heteroatoms. The van der Waals surface area contributed by atoms with Crippen molar-refractivity contribution in [2.45, 2.75) is 51.8 Å². The molecule has 0 radical (unpaired) electrons. The molecule has 0 aromatic heterocycles. The molecule has 0 aliphatic carbocycles. The van der Waals surface area contributed by atoms with Crippen LogP contribution in [0.3, 0.4) is 0 Å². The van der Waals surface area contributed by atoms with E-state index in [2.05, 4.69) is 22.9 Å². The SMILES string of the molecule is CCCCCC(=O)N[C@H](C(=O)NCc1ccc(NC(=O)CN)cc1)c1ccc(OCc2ccccc2)cc1. The van der Waals surface area contributed by atoms with E-state index in [4.69, 9.17) is 10.5 Å². The van der Waals surface area contributed by atoms with Crippen molar-refractivity contribution in [3.63, 3.8) is 0 Å². The molecule has 0 fully saturated rings. The number of carbonyl (C=O) groups is 3. The number of carbonyl (C=O) groups excluding carboxylic acids is 3. The molecule has 3 amide bonds. The standard InChI is InChI=1S/C30H36N4O4/c1-2-3-5-10-27(35)34-29(24-13-17-26(18-14-24)38-21-23-8-6-4-7-9-23)30(37)32-20-22-11-15-25(16-12-22)33-28(36)19-31/h4,6-9,11-18,29H,2-3,5,10,19-21,31H2,1H3,(H,32,37)(H,33,36)(H,34,35)/t29-/m0/s1. The van der Waals surface area contributed by atoms with Gasteiger partial charge in [-0.3, -0.25) is 14.4 Å². The monoisotopic (exact) mass is 516 g/mol. The number of unbranched alkanes of at least 4 members (excludes halogenated alkanes) is 2. The van der Waals surface area contributed by atoms with Crippen LogP contribution in [-0.2, 0) is 27.5 Å². The van der Waals surface area contributed by atoms with Crippen LogP contribution in [0.1, 0.15) is 55.3 Å². The van der Waals surface area contributed by atoms with Crippen molar-refractivity contribution in [2.75, 3.05) is 11.9 Å². The van der Waals surface area contributed by atoms with E-state index in [9.17, 15) is 14.4 Å². The Morgan fingerprint density at radius 1 is 0.842 bits per heavy atom. The number of benzene rings is 3. The minimum absolute atomic E-state index is 0.0938. The average Bonchev–Trinajstić information content (AvgIpc) is 2.95. The Balaban J connectivity index is 1.64. The summed E-state index contributed by atoms with van der Waals surface area (Å²) in [5.74, 6) is -0.0804. The summed E-state index contributed by atoms with van der Waals surface area (Å²) in [6, 6.07) is 23.3. The van der Waals surface area contributed by atoms with Gasteiger partial charge in [0.1, 0.15) is 18.4 Å². The number of hydrogen-bond acceptors (Lipinski definition) is 5. The van der Waals surface area contributed by atoms with Crippen LogP contribution in [0.5, 0.6) is 5.75 Å². The Morgan fingerprint density at radius 3 is 2.21 bits per heavy atom. The summed E-state index contributed by atoms with van der Waals surface area (Å²) in [6.07, 6.45) is 3.11. The Morgan fingerprint density at radius 2 is 1.55 bits per heavy atom. The Bertz CT molecular complexity index is 1170. The summed E-state index contributed by atoms with van der Waals surface area (Å²) < 4.78 is 5.86. The lowest BCUT2D eigenvalue weighted by Crippen LogP contribution is -2.40. The van der Waals surface area contributed by atoms with Crippen molar-refractivity contribution in [3.8, 4) is 5.75 Å². The van der Waals surface area contributed by atoms with Crippen LogP contribution in [0.15, 0.2) is 78.9 Å². The van der Waals surface area contributed by atoms with Crippen molar-refractivity contribution < 1.29 is 19.1 Å². The molecule has 38 heavy (non-hydrogen) atoms. The van der Waals surface area contributed by atoms with Gasteiger partial charge < -0.3 is 26.4 Å². The molecule has 0 bridgehead atoms. The lowest BCUT2D eigenvalue weighted by Gasteiger charge is -2.20. The molecule has 0 heterocycles. The summed E-state index contributed by atoms with van der Waals surface area (Å²) in [6.45, 7) is 2.69. The van der Waals surface area contributed by atoms with E-state index >= 15 is 0 Å². The molecule has 0 saturated heterocycles. The smallest absolute Gasteiger partial charge is 0.247 e. The number of ether oxygens (including phenoxy) is 1. The van der Waals surface area contributed by atoms with Crippen molar-refractivity contribution in [2.24, 2.45) is 5.73 Å². The van der Waals surface area contributed by atoms with Gasteiger partial charge in [0, 0.05) is 18.7 Å². The highest BCUT2D eigenvalue weighted by Gasteiger charge is 2.22. The largest absolute Gasteiger partial charge is 0.489 e. The molecule has 0 aliphatic rings. The number of nitrogens with one attached hydrogen (secondary N) is 3. The third kappa shape index (κ3) is 9.37. The van der Waals surface area contributed by atoms with Crippen LogP contribution < -0.4 is 26.4 Å². The molecule has 1 atom stereocenters. The molecule has 3 aromatic carbocycles. The lowest BCUT2D eigenvalue weighted by molar-refractivity contribution is -0.129. The van der Waals surface area contributed by atoms with E-state index in [1.165, 1.54) is 0 Å². The van der Waals surface area contributed by atoms with Gasteiger partial charge in [0.15, 0.2) is 0 Å². The zero-order valence-electron chi connectivity index (χ0n) is 21.7. The maximum absolute atomic E-state index is 13.2. The highest BCUT2D eigenvalue weighted by Crippen LogP contribution is 2.20. The van der Waals surface area contributed by atoms with Gasteiger partial charge in [-0.2, -0.15) is 0 Å². The molecule has 3 rings (SSSR count). The van der Waals surface area contributed by atoms with Gasteiger partial charge in [-0.15, -0.1) is 0 Å². The maximum atomic E-state index is 13.2. The fraction of sp³-hybridized carbons (Fsp3) is 0.300. The zero-order chi connectivity index (χ0) is 27.2. The zero-order valence-corrected chi connectivity index (χ0v) is 21.7. The summed E-state index contributed by atoms with van der Waals surface area (Å²) >= 11 is 0. The second-order valence-corrected chi connectivity index (χ2v) is 8.97. The van der Waals surface area contributed by atoms with Crippen molar-refractivity contribution in [1.82, 2.24) is 10.6 Å². The van der Waals surface area contributed by atoms with Crippen LogP contribution in [0.4, 0.5) is 5.69 Å². The first kappa shape index (κ1) is 28.4. The maximum Gasteiger partial charge on any atom is 0.247 e. The molecule has 200 valence electrons. The molecular formula is C30H36N4O4. The van der Waals surface area contributed by atoms with Gasteiger partial charge in [-0.1, -0.05) is 74.4 Å². The van der Waals surface area contributed by atoms with E-state index in [-0.39, 0.29) is 30.8 Å². The van der Waals surface area contributed by atoms with Crippen LogP contribution in [0.25, 0.3) is 0 Å². The molecule has 0 saturated carbocycles. The van der Waals surface area contributed by atoms with E-state index in [0.717, 1.165) is 30.4 Å². The fourth-order valence-corrected chi connectivity index (χ4v) is 3.78. The van der Waals surface area contributed by atoms with Gasteiger partial charge in [0.25, 0.3) is 0 Å². The summed E-state index contributed by atoms with van der Waals surface area (Å²) in [5, 5.41) is 8.48.